The predicted octanol–water partition coefficient (Wildman–Crippen LogP) is 6.84. The molecule has 11 heteroatoms. The maximum atomic E-state index is 13.9. The van der Waals surface area contributed by atoms with Gasteiger partial charge in [0, 0.05) is 11.1 Å². The minimum atomic E-state index is -4.66. The second kappa shape index (κ2) is 7.47. The van der Waals surface area contributed by atoms with Crippen LogP contribution in [0.1, 0.15) is 5.56 Å². The van der Waals surface area contributed by atoms with Gasteiger partial charge in [-0.2, -0.15) is 13.2 Å². The molecule has 6 aromatic rings. The van der Waals surface area contributed by atoms with E-state index in [2.05, 4.69) is 15.2 Å². The molecule has 0 radical (unpaired) electrons. The maximum Gasteiger partial charge on any atom is 0.417 e. The second-order valence-electron chi connectivity index (χ2n) is 7.85. The Morgan fingerprint density at radius 2 is 1.63 bits per heavy atom. The predicted molar refractivity (Wildman–Crippen MR) is 120 cm³/mol. The van der Waals surface area contributed by atoms with Crippen molar-refractivity contribution >= 4 is 39.3 Å². The molecule has 0 bridgehead atoms. The van der Waals surface area contributed by atoms with Gasteiger partial charge in [0.2, 0.25) is 5.78 Å². The third-order valence-electron chi connectivity index (χ3n) is 5.80. The van der Waals surface area contributed by atoms with E-state index in [0.29, 0.717) is 33.1 Å². The normalized spacial score (nSPS) is 12.3. The molecule has 0 fully saturated rings. The molecule has 35 heavy (non-hydrogen) atoms. The first kappa shape index (κ1) is 21.5. The Labute approximate surface area is 198 Å². The summed E-state index contributed by atoms with van der Waals surface area (Å²) in [6.07, 6.45) is -1.66. The first-order valence-electron chi connectivity index (χ1n) is 10.2. The number of benzene rings is 3. The summed E-state index contributed by atoms with van der Waals surface area (Å²) >= 11 is 5.84. The highest BCUT2D eigenvalue weighted by Crippen LogP contribution is 2.38. The lowest BCUT2D eigenvalue weighted by Gasteiger charge is -2.13. The number of nitrogens with zero attached hydrogens (tertiary/aromatic N) is 5. The van der Waals surface area contributed by atoms with Crippen molar-refractivity contribution < 1.29 is 22.0 Å². The third kappa shape index (κ3) is 3.32. The number of aromatic nitrogens is 5. The van der Waals surface area contributed by atoms with Gasteiger partial charge < -0.3 is 0 Å². The van der Waals surface area contributed by atoms with Crippen LogP contribution >= 0.6 is 11.6 Å². The molecular weight excluding hydrogens is 489 g/mol. The summed E-state index contributed by atoms with van der Waals surface area (Å²) in [6.45, 7) is 0. The van der Waals surface area contributed by atoms with Crippen LogP contribution in [-0.2, 0) is 6.18 Å². The van der Waals surface area contributed by atoms with Gasteiger partial charge in [-0.05, 0) is 53.6 Å². The van der Waals surface area contributed by atoms with Gasteiger partial charge in [-0.25, -0.2) is 8.78 Å². The van der Waals surface area contributed by atoms with Crippen molar-refractivity contribution in [2.24, 2.45) is 0 Å². The van der Waals surface area contributed by atoms with E-state index in [4.69, 9.17) is 11.6 Å². The molecule has 0 atom stereocenters. The van der Waals surface area contributed by atoms with Crippen molar-refractivity contribution in [1.82, 2.24) is 24.1 Å². The van der Waals surface area contributed by atoms with Gasteiger partial charge in [-0.1, -0.05) is 23.7 Å². The topological polar surface area (TPSA) is 48.0 Å². The summed E-state index contributed by atoms with van der Waals surface area (Å²) < 4.78 is 71.3. The molecule has 0 aliphatic heterocycles. The fourth-order valence-electron chi connectivity index (χ4n) is 4.20. The van der Waals surface area contributed by atoms with E-state index >= 15 is 0 Å². The number of hydrogen-bond donors (Lipinski definition) is 0. The number of pyridine rings is 1. The Bertz CT molecular complexity index is 1790. The van der Waals surface area contributed by atoms with E-state index in [1.807, 2.05) is 0 Å². The lowest BCUT2D eigenvalue weighted by Crippen LogP contribution is -2.07. The number of imidazole rings is 1. The summed E-state index contributed by atoms with van der Waals surface area (Å²) in [5.74, 6) is -1.69. The molecule has 3 aromatic carbocycles. The van der Waals surface area contributed by atoms with Gasteiger partial charge in [-0.3, -0.25) is 14.0 Å². The Morgan fingerprint density at radius 1 is 0.857 bits per heavy atom. The van der Waals surface area contributed by atoms with E-state index in [1.54, 1.807) is 28.8 Å². The van der Waals surface area contributed by atoms with Crippen molar-refractivity contribution in [2.75, 3.05) is 0 Å². The molecule has 0 N–H and O–H groups in total. The number of fused-ring (bicyclic) bond motifs is 5. The highest BCUT2D eigenvalue weighted by Gasteiger charge is 2.34. The number of alkyl halides is 3. The lowest BCUT2D eigenvalue weighted by atomic mass is 10.0. The van der Waals surface area contributed by atoms with Gasteiger partial charge in [0.05, 0.1) is 33.3 Å². The van der Waals surface area contributed by atoms with Crippen molar-refractivity contribution in [3.8, 4) is 16.8 Å². The fourth-order valence-corrected chi connectivity index (χ4v) is 4.42. The minimum Gasteiger partial charge on any atom is -0.276 e. The Morgan fingerprint density at radius 3 is 2.40 bits per heavy atom. The van der Waals surface area contributed by atoms with Gasteiger partial charge in [0.1, 0.15) is 6.33 Å². The Kier molecular flexibility index (Phi) is 4.59. The van der Waals surface area contributed by atoms with Crippen molar-refractivity contribution in [1.29, 1.82) is 0 Å². The van der Waals surface area contributed by atoms with Crippen molar-refractivity contribution in [3.63, 3.8) is 0 Å². The van der Waals surface area contributed by atoms with E-state index in [0.717, 1.165) is 18.2 Å². The molecule has 0 unspecified atom stereocenters. The van der Waals surface area contributed by atoms with Crippen LogP contribution < -0.4 is 0 Å². The first-order valence-corrected chi connectivity index (χ1v) is 10.6. The molecule has 0 saturated carbocycles. The SMILES string of the molecule is Fc1ccc(-c2ccc3ncc4c(c3c2)n(-c2ccc(Cl)c(C(F)(F)F)c2)c2nncn42)cc1F. The molecule has 174 valence electrons. The molecule has 0 saturated heterocycles. The number of rotatable bonds is 2. The molecular formula is C24H11ClF5N5. The molecule has 3 aromatic heterocycles. The Balaban J connectivity index is 1.70. The molecule has 6 rings (SSSR count). The standard InChI is InChI=1S/C24H11ClF5N5/c25-17-4-3-14(9-16(17)24(28,29)30)35-22-15-7-12(13-1-5-18(26)19(27)8-13)2-6-20(15)31-10-21(22)34-11-32-33-23(34)35/h1-11H. The molecule has 5 nitrogen and oxygen atoms in total. The zero-order chi connectivity index (χ0) is 24.5. The number of hydrogen-bond acceptors (Lipinski definition) is 3. The molecule has 0 aliphatic carbocycles. The van der Waals surface area contributed by atoms with E-state index in [-0.39, 0.29) is 11.5 Å². The molecule has 0 amide bonds. The maximum absolute atomic E-state index is 13.9. The Hall–Kier alpha value is -4.05. The third-order valence-corrected chi connectivity index (χ3v) is 6.13. The van der Waals surface area contributed by atoms with Crippen LogP contribution in [-0.4, -0.2) is 24.1 Å². The van der Waals surface area contributed by atoms with Gasteiger partial charge in [0.15, 0.2) is 11.6 Å². The van der Waals surface area contributed by atoms with Gasteiger partial charge in [-0.15, -0.1) is 10.2 Å². The average Bonchev–Trinajstić information content (AvgIpc) is 3.41. The summed E-state index contributed by atoms with van der Waals surface area (Å²) in [4.78, 5) is 4.46. The van der Waals surface area contributed by atoms with E-state index in [9.17, 15) is 22.0 Å². The van der Waals surface area contributed by atoms with Crippen molar-refractivity contribution in [2.45, 2.75) is 6.18 Å². The van der Waals surface area contributed by atoms with Crippen LogP contribution in [0.2, 0.25) is 5.02 Å². The summed E-state index contributed by atoms with van der Waals surface area (Å²) in [5.41, 5.74) is 1.78. The number of halogens is 6. The summed E-state index contributed by atoms with van der Waals surface area (Å²) in [6, 6.07) is 12.3. The smallest absolute Gasteiger partial charge is 0.276 e. The minimum absolute atomic E-state index is 0.167. The van der Waals surface area contributed by atoms with Crippen LogP contribution in [0.4, 0.5) is 22.0 Å². The zero-order valence-electron chi connectivity index (χ0n) is 17.4. The quantitative estimate of drug-likeness (QED) is 0.245. The van der Waals surface area contributed by atoms with E-state index < -0.39 is 28.4 Å². The van der Waals surface area contributed by atoms with Crippen molar-refractivity contribution in [3.05, 3.63) is 89.3 Å². The average molecular weight is 500 g/mol. The highest BCUT2D eigenvalue weighted by atomic mass is 35.5. The molecule has 0 spiro atoms. The molecule has 3 heterocycles. The first-order chi connectivity index (χ1) is 16.7. The van der Waals surface area contributed by atoms with Gasteiger partial charge in [0.25, 0.3) is 0 Å². The molecule has 0 aliphatic rings. The largest absolute Gasteiger partial charge is 0.417 e. The van der Waals surface area contributed by atoms with Crippen LogP contribution in [0.25, 0.3) is 44.5 Å². The lowest BCUT2D eigenvalue weighted by molar-refractivity contribution is -0.137. The van der Waals surface area contributed by atoms with E-state index in [1.165, 1.54) is 29.1 Å². The second-order valence-corrected chi connectivity index (χ2v) is 8.26. The van der Waals surface area contributed by atoms with Crippen LogP contribution in [0.5, 0.6) is 0 Å². The fraction of sp³-hybridized carbons (Fsp3) is 0.0417. The summed E-state index contributed by atoms with van der Waals surface area (Å²) in [7, 11) is 0. The van der Waals surface area contributed by atoms with Gasteiger partial charge >= 0.3 is 6.18 Å². The van der Waals surface area contributed by atoms with Crippen LogP contribution in [0.15, 0.2) is 67.1 Å². The van der Waals surface area contributed by atoms with Crippen LogP contribution in [0, 0.1) is 11.6 Å². The monoisotopic (exact) mass is 499 g/mol. The van der Waals surface area contributed by atoms with Crippen LogP contribution in [0.3, 0.4) is 0 Å². The highest BCUT2D eigenvalue weighted by molar-refractivity contribution is 6.31. The summed E-state index contributed by atoms with van der Waals surface area (Å²) in [5, 5.41) is 8.13. The zero-order valence-corrected chi connectivity index (χ0v) is 18.1.